The lowest BCUT2D eigenvalue weighted by molar-refractivity contribution is -0.139. The van der Waals surface area contributed by atoms with Gasteiger partial charge in [-0.15, -0.1) is 0 Å². The molecule has 2 aromatic carbocycles. The minimum atomic E-state index is -1.07. The van der Waals surface area contributed by atoms with Crippen molar-refractivity contribution in [1.29, 1.82) is 0 Å². The van der Waals surface area contributed by atoms with Gasteiger partial charge in [-0.05, 0) is 56.7 Å². The molecular formula is C31H28N2O8S. The van der Waals surface area contributed by atoms with Gasteiger partial charge in [0.15, 0.2) is 16.3 Å². The monoisotopic (exact) mass is 588 g/mol. The summed E-state index contributed by atoms with van der Waals surface area (Å²) in [4.78, 5) is 43.8. The number of esters is 1. The highest BCUT2D eigenvalue weighted by atomic mass is 32.1. The third-order valence-corrected chi connectivity index (χ3v) is 7.63. The van der Waals surface area contributed by atoms with Crippen molar-refractivity contribution in [3.8, 4) is 22.8 Å². The molecule has 4 aromatic rings. The Bertz CT molecular complexity index is 1900. The number of carboxylic acid groups (broad SMARTS) is 1. The molecule has 3 heterocycles. The molecule has 0 aliphatic carbocycles. The minimum Gasteiger partial charge on any atom is -0.493 e. The van der Waals surface area contributed by atoms with Gasteiger partial charge in [-0.3, -0.25) is 9.36 Å². The van der Waals surface area contributed by atoms with Gasteiger partial charge in [0, 0.05) is 11.6 Å². The quantitative estimate of drug-likeness (QED) is 0.289. The number of allylic oxidation sites excluding steroid dienone is 1. The van der Waals surface area contributed by atoms with Gasteiger partial charge in [0.1, 0.15) is 11.5 Å². The van der Waals surface area contributed by atoms with Crippen molar-refractivity contribution < 1.29 is 33.3 Å². The molecule has 1 atom stereocenters. The number of benzene rings is 2. The molecule has 0 radical (unpaired) electrons. The normalized spacial score (nSPS) is 14.8. The Hall–Kier alpha value is -4.90. The molecule has 10 nitrogen and oxygen atoms in total. The summed E-state index contributed by atoms with van der Waals surface area (Å²) >= 11 is 1.15. The van der Waals surface area contributed by atoms with E-state index in [9.17, 15) is 19.5 Å². The number of nitrogens with zero attached hydrogens (tertiary/aromatic N) is 2. The first kappa shape index (κ1) is 28.6. The van der Waals surface area contributed by atoms with Crippen LogP contribution >= 0.6 is 11.3 Å². The van der Waals surface area contributed by atoms with E-state index in [4.69, 9.17) is 18.6 Å². The zero-order valence-electron chi connectivity index (χ0n) is 23.4. The zero-order chi connectivity index (χ0) is 30.0. The lowest BCUT2D eigenvalue weighted by atomic mass is 9.95. The number of furan rings is 1. The van der Waals surface area contributed by atoms with Crippen molar-refractivity contribution in [1.82, 2.24) is 4.57 Å². The van der Waals surface area contributed by atoms with Crippen LogP contribution in [0.3, 0.4) is 0 Å². The molecular weight excluding hydrogens is 560 g/mol. The Morgan fingerprint density at radius 3 is 2.60 bits per heavy atom. The highest BCUT2D eigenvalue weighted by molar-refractivity contribution is 7.07. The molecule has 216 valence electrons. The average Bonchev–Trinajstić information content (AvgIpc) is 3.56. The zero-order valence-corrected chi connectivity index (χ0v) is 24.2. The molecule has 0 bridgehead atoms. The van der Waals surface area contributed by atoms with Crippen LogP contribution in [0.25, 0.3) is 17.4 Å². The van der Waals surface area contributed by atoms with Crippen LogP contribution in [-0.2, 0) is 9.53 Å². The number of carbonyl (C=O) groups is 2. The highest BCUT2D eigenvalue weighted by Crippen LogP contribution is 2.36. The van der Waals surface area contributed by atoms with Gasteiger partial charge in [-0.25, -0.2) is 14.6 Å². The van der Waals surface area contributed by atoms with Crippen molar-refractivity contribution in [2.45, 2.75) is 26.8 Å². The predicted octanol–water partition coefficient (Wildman–Crippen LogP) is 4.16. The number of hydrogen-bond acceptors (Lipinski definition) is 9. The van der Waals surface area contributed by atoms with E-state index in [1.54, 1.807) is 68.5 Å². The molecule has 0 fully saturated rings. The van der Waals surface area contributed by atoms with Crippen molar-refractivity contribution in [3.05, 3.63) is 102 Å². The summed E-state index contributed by atoms with van der Waals surface area (Å²) in [6.45, 7) is 5.83. The van der Waals surface area contributed by atoms with Gasteiger partial charge in [0.2, 0.25) is 0 Å². The molecule has 1 aliphatic heterocycles. The maximum Gasteiger partial charge on any atom is 0.338 e. The first-order chi connectivity index (χ1) is 20.3. The van der Waals surface area contributed by atoms with Crippen molar-refractivity contribution >= 4 is 29.4 Å². The number of fused-ring (bicyclic) bond motifs is 1. The summed E-state index contributed by atoms with van der Waals surface area (Å²) < 4.78 is 24.3. The second kappa shape index (κ2) is 11.9. The maximum absolute atomic E-state index is 13.9. The van der Waals surface area contributed by atoms with Crippen LogP contribution < -0.4 is 24.4 Å². The van der Waals surface area contributed by atoms with E-state index in [0.29, 0.717) is 55.8 Å². The maximum atomic E-state index is 13.9. The molecule has 1 N–H and O–H groups in total. The van der Waals surface area contributed by atoms with E-state index in [-0.39, 0.29) is 23.3 Å². The van der Waals surface area contributed by atoms with Crippen molar-refractivity contribution in [2.75, 3.05) is 20.3 Å². The van der Waals surface area contributed by atoms with Gasteiger partial charge >= 0.3 is 11.9 Å². The fourth-order valence-corrected chi connectivity index (χ4v) is 5.85. The molecule has 0 unspecified atom stereocenters. The number of rotatable bonds is 9. The molecule has 0 saturated heterocycles. The highest BCUT2D eigenvalue weighted by Gasteiger charge is 2.34. The summed E-state index contributed by atoms with van der Waals surface area (Å²) in [5.41, 5.74) is 1.45. The van der Waals surface area contributed by atoms with Crippen LogP contribution in [-0.4, -0.2) is 41.9 Å². The van der Waals surface area contributed by atoms with E-state index in [0.717, 1.165) is 11.3 Å². The summed E-state index contributed by atoms with van der Waals surface area (Å²) in [6.07, 6.45) is 1.58. The molecule has 1 aliphatic rings. The second-order valence-electron chi connectivity index (χ2n) is 9.20. The number of aromatic carboxylic acids is 1. The first-order valence-corrected chi connectivity index (χ1v) is 14.0. The SMILES string of the molecule is CCOC(=O)C1=C(C)N=c2sc(=Cc3ccc(-c4ccccc4C(=O)O)o3)c(=O)n2[C@@H]1c1ccc(OC)c(OCC)c1. The summed E-state index contributed by atoms with van der Waals surface area (Å²) in [5, 5.41) is 9.56. The summed E-state index contributed by atoms with van der Waals surface area (Å²) in [5.74, 6) is 0.0606. The van der Waals surface area contributed by atoms with E-state index in [1.165, 1.54) is 17.7 Å². The Morgan fingerprint density at radius 2 is 1.88 bits per heavy atom. The van der Waals surface area contributed by atoms with Crippen LogP contribution in [0.5, 0.6) is 11.5 Å². The van der Waals surface area contributed by atoms with Crippen LogP contribution in [0.1, 0.15) is 48.5 Å². The number of ether oxygens (including phenoxy) is 3. The number of hydrogen-bond donors (Lipinski definition) is 1. The van der Waals surface area contributed by atoms with Crippen LogP contribution in [0.15, 0.2) is 80.1 Å². The molecule has 0 saturated carbocycles. The fraction of sp³-hybridized carbons (Fsp3) is 0.226. The minimum absolute atomic E-state index is 0.102. The predicted molar refractivity (Wildman–Crippen MR) is 156 cm³/mol. The number of methoxy groups -OCH3 is 1. The van der Waals surface area contributed by atoms with E-state index in [2.05, 4.69) is 4.99 Å². The van der Waals surface area contributed by atoms with E-state index < -0.39 is 18.0 Å². The topological polar surface area (TPSA) is 130 Å². The van der Waals surface area contributed by atoms with Crippen LogP contribution in [0.2, 0.25) is 0 Å². The lowest BCUT2D eigenvalue weighted by Gasteiger charge is -2.25. The van der Waals surface area contributed by atoms with Gasteiger partial charge in [0.25, 0.3) is 5.56 Å². The molecule has 5 rings (SSSR count). The fourth-order valence-electron chi connectivity index (χ4n) is 4.83. The van der Waals surface area contributed by atoms with Crippen molar-refractivity contribution in [3.63, 3.8) is 0 Å². The van der Waals surface area contributed by atoms with Crippen LogP contribution in [0.4, 0.5) is 0 Å². The van der Waals surface area contributed by atoms with Gasteiger partial charge < -0.3 is 23.7 Å². The van der Waals surface area contributed by atoms with Crippen LogP contribution in [0, 0.1) is 0 Å². The third kappa shape index (κ3) is 5.26. The lowest BCUT2D eigenvalue weighted by Crippen LogP contribution is -2.39. The van der Waals surface area contributed by atoms with Gasteiger partial charge in [0.05, 0.1) is 47.7 Å². The molecule has 2 aromatic heterocycles. The number of aromatic nitrogens is 1. The smallest absolute Gasteiger partial charge is 0.338 e. The van der Waals surface area contributed by atoms with E-state index >= 15 is 0 Å². The molecule has 42 heavy (non-hydrogen) atoms. The Kier molecular flexibility index (Phi) is 8.12. The molecule has 0 spiro atoms. The largest absolute Gasteiger partial charge is 0.493 e. The molecule has 0 amide bonds. The van der Waals surface area contributed by atoms with Gasteiger partial charge in [-0.2, -0.15) is 0 Å². The average molecular weight is 589 g/mol. The number of carboxylic acids is 1. The molecule has 11 heteroatoms. The third-order valence-electron chi connectivity index (χ3n) is 6.64. The number of carbonyl (C=O) groups excluding carboxylic acids is 1. The second-order valence-corrected chi connectivity index (χ2v) is 10.2. The van der Waals surface area contributed by atoms with Gasteiger partial charge in [-0.1, -0.05) is 35.6 Å². The standard InChI is InChI=1S/C31H28N2O8S/c1-5-39-24-15-18(11-13-23(24)38-4)27-26(30(37)40-6-2)17(3)32-31-33(27)28(34)25(42-31)16-19-12-14-22(41-19)20-9-7-8-10-21(20)29(35)36/h7-16,27H,5-6H2,1-4H3,(H,35,36)/t27-/m1/s1. The summed E-state index contributed by atoms with van der Waals surface area (Å²) in [7, 11) is 1.54. The van der Waals surface area contributed by atoms with E-state index in [1.807, 2.05) is 6.92 Å². The van der Waals surface area contributed by atoms with Crippen molar-refractivity contribution in [2.24, 2.45) is 4.99 Å². The Labute approximate surface area is 244 Å². The Morgan fingerprint density at radius 1 is 1.10 bits per heavy atom. The number of thiazole rings is 1. The Balaban J connectivity index is 1.66. The summed E-state index contributed by atoms with van der Waals surface area (Å²) in [6, 6.07) is 14.3. The first-order valence-electron chi connectivity index (χ1n) is 13.2.